The summed E-state index contributed by atoms with van der Waals surface area (Å²) in [6.45, 7) is 1.85. The standard InChI is InChI=1S/C9H10O3/c1-9-5-4-8(11)12-7(9)3-2-6(9)10/h3H,2,4-5H2,1H3. The minimum atomic E-state index is -0.492. The van der Waals surface area contributed by atoms with Crippen molar-refractivity contribution in [3.8, 4) is 0 Å². The van der Waals surface area contributed by atoms with Crippen LogP contribution in [-0.2, 0) is 14.3 Å². The van der Waals surface area contributed by atoms with Crippen LogP contribution >= 0.6 is 0 Å². The van der Waals surface area contributed by atoms with Crippen molar-refractivity contribution in [3.05, 3.63) is 11.8 Å². The molecule has 0 aromatic carbocycles. The van der Waals surface area contributed by atoms with E-state index in [1.165, 1.54) is 0 Å². The first-order valence-electron chi connectivity index (χ1n) is 4.07. The van der Waals surface area contributed by atoms with E-state index >= 15 is 0 Å². The predicted octanol–water partition coefficient (Wildman–Crippen LogP) is 1.19. The largest absolute Gasteiger partial charge is 0.430 e. The van der Waals surface area contributed by atoms with Crippen LogP contribution in [0.5, 0.6) is 0 Å². The van der Waals surface area contributed by atoms with Gasteiger partial charge >= 0.3 is 5.97 Å². The highest BCUT2D eigenvalue weighted by Gasteiger charge is 2.45. The van der Waals surface area contributed by atoms with Gasteiger partial charge in [-0.3, -0.25) is 9.59 Å². The number of Topliss-reactive ketones (excluding diaryl/α,β-unsaturated/α-hetero) is 1. The van der Waals surface area contributed by atoms with E-state index in [0.717, 1.165) is 0 Å². The van der Waals surface area contributed by atoms with Gasteiger partial charge in [0.2, 0.25) is 0 Å². The molecule has 12 heavy (non-hydrogen) atoms. The van der Waals surface area contributed by atoms with Crippen molar-refractivity contribution >= 4 is 11.8 Å². The summed E-state index contributed by atoms with van der Waals surface area (Å²) in [5.74, 6) is 0.530. The molecule has 1 saturated heterocycles. The van der Waals surface area contributed by atoms with Gasteiger partial charge in [-0.05, 0) is 19.4 Å². The number of carbonyl (C=O) groups excluding carboxylic acids is 2. The van der Waals surface area contributed by atoms with Gasteiger partial charge < -0.3 is 4.74 Å². The number of esters is 1. The van der Waals surface area contributed by atoms with E-state index in [-0.39, 0.29) is 11.8 Å². The van der Waals surface area contributed by atoms with Crippen LogP contribution in [0.3, 0.4) is 0 Å². The van der Waals surface area contributed by atoms with Crippen LogP contribution < -0.4 is 0 Å². The number of carbonyl (C=O) groups is 2. The molecule has 1 fully saturated rings. The second-order valence-electron chi connectivity index (χ2n) is 3.50. The van der Waals surface area contributed by atoms with Gasteiger partial charge in [0.1, 0.15) is 11.5 Å². The van der Waals surface area contributed by atoms with Crippen molar-refractivity contribution < 1.29 is 14.3 Å². The van der Waals surface area contributed by atoms with E-state index in [2.05, 4.69) is 0 Å². The van der Waals surface area contributed by atoms with E-state index < -0.39 is 5.41 Å². The summed E-state index contributed by atoms with van der Waals surface area (Å²) in [6.07, 6.45) is 3.11. The zero-order chi connectivity index (χ0) is 8.77. The molecule has 2 rings (SSSR count). The smallest absolute Gasteiger partial charge is 0.310 e. The number of fused-ring (bicyclic) bond motifs is 1. The van der Waals surface area contributed by atoms with Crippen LogP contribution in [0, 0.1) is 5.41 Å². The highest BCUT2D eigenvalue weighted by Crippen LogP contribution is 2.43. The lowest BCUT2D eigenvalue weighted by Crippen LogP contribution is -2.32. The van der Waals surface area contributed by atoms with Crippen LogP contribution in [0.25, 0.3) is 0 Å². The average molecular weight is 166 g/mol. The average Bonchev–Trinajstić information content (AvgIpc) is 2.31. The first-order valence-corrected chi connectivity index (χ1v) is 4.07. The van der Waals surface area contributed by atoms with Gasteiger partial charge in [-0.15, -0.1) is 0 Å². The van der Waals surface area contributed by atoms with Crippen molar-refractivity contribution in [2.24, 2.45) is 5.41 Å². The lowest BCUT2D eigenvalue weighted by Gasteiger charge is -2.29. The Bertz CT molecular complexity index is 290. The fourth-order valence-electron chi connectivity index (χ4n) is 1.72. The van der Waals surface area contributed by atoms with Gasteiger partial charge in [0.05, 0.1) is 5.41 Å². The molecule has 1 aliphatic heterocycles. The summed E-state index contributed by atoms with van der Waals surface area (Å²) in [5, 5.41) is 0. The van der Waals surface area contributed by atoms with E-state index in [4.69, 9.17) is 4.74 Å². The maximum Gasteiger partial charge on any atom is 0.310 e. The fraction of sp³-hybridized carbons (Fsp3) is 0.556. The van der Waals surface area contributed by atoms with Gasteiger partial charge in [0.15, 0.2) is 0 Å². The van der Waals surface area contributed by atoms with Gasteiger partial charge in [0.25, 0.3) is 0 Å². The van der Waals surface area contributed by atoms with Crippen molar-refractivity contribution in [2.75, 3.05) is 0 Å². The quantitative estimate of drug-likeness (QED) is 0.507. The Morgan fingerprint density at radius 2 is 2.25 bits per heavy atom. The number of rotatable bonds is 0. The Hall–Kier alpha value is -1.12. The maximum absolute atomic E-state index is 11.4. The summed E-state index contributed by atoms with van der Waals surface area (Å²) in [6, 6.07) is 0. The third-order valence-electron chi connectivity index (χ3n) is 2.69. The molecule has 1 heterocycles. The van der Waals surface area contributed by atoms with Crippen LogP contribution in [0.4, 0.5) is 0 Å². The summed E-state index contributed by atoms with van der Waals surface area (Å²) >= 11 is 0. The molecule has 0 aromatic heterocycles. The summed E-state index contributed by atoms with van der Waals surface area (Å²) < 4.78 is 4.98. The Labute approximate surface area is 70.4 Å². The number of allylic oxidation sites excluding steroid dienone is 2. The topological polar surface area (TPSA) is 43.4 Å². The molecule has 64 valence electrons. The maximum atomic E-state index is 11.4. The lowest BCUT2D eigenvalue weighted by atomic mass is 9.81. The highest BCUT2D eigenvalue weighted by molar-refractivity contribution is 5.93. The van der Waals surface area contributed by atoms with Gasteiger partial charge in [-0.25, -0.2) is 0 Å². The zero-order valence-corrected chi connectivity index (χ0v) is 6.92. The molecule has 0 bridgehead atoms. The molecular formula is C9H10O3. The zero-order valence-electron chi connectivity index (χ0n) is 6.92. The molecule has 0 saturated carbocycles. The Morgan fingerprint density at radius 3 is 3.00 bits per heavy atom. The van der Waals surface area contributed by atoms with Crippen molar-refractivity contribution in [2.45, 2.75) is 26.2 Å². The molecule has 0 aromatic rings. The summed E-state index contributed by atoms with van der Waals surface area (Å²) in [4.78, 5) is 22.3. The molecule has 0 radical (unpaired) electrons. The number of ether oxygens (including phenoxy) is 1. The monoisotopic (exact) mass is 166 g/mol. The SMILES string of the molecule is CC12CCC(=O)OC1=CCC2=O. The second-order valence-corrected chi connectivity index (χ2v) is 3.50. The van der Waals surface area contributed by atoms with Crippen molar-refractivity contribution in [1.82, 2.24) is 0 Å². The fourth-order valence-corrected chi connectivity index (χ4v) is 1.72. The molecule has 0 amide bonds. The molecule has 2 aliphatic rings. The van der Waals surface area contributed by atoms with Crippen molar-refractivity contribution in [3.63, 3.8) is 0 Å². The molecular weight excluding hydrogens is 156 g/mol. The first-order chi connectivity index (χ1) is 5.63. The molecule has 1 aliphatic carbocycles. The molecule has 0 spiro atoms. The van der Waals surface area contributed by atoms with Gasteiger partial charge in [0, 0.05) is 12.8 Å². The number of ketones is 1. The molecule has 3 nitrogen and oxygen atoms in total. The normalized spacial score (nSPS) is 34.2. The molecule has 0 N–H and O–H groups in total. The summed E-state index contributed by atoms with van der Waals surface area (Å²) in [7, 11) is 0. The second kappa shape index (κ2) is 2.19. The number of hydrogen-bond donors (Lipinski definition) is 0. The third kappa shape index (κ3) is 0.823. The van der Waals surface area contributed by atoms with Crippen molar-refractivity contribution in [1.29, 1.82) is 0 Å². The van der Waals surface area contributed by atoms with E-state index in [1.54, 1.807) is 6.08 Å². The van der Waals surface area contributed by atoms with Gasteiger partial charge in [-0.2, -0.15) is 0 Å². The number of hydrogen-bond acceptors (Lipinski definition) is 3. The minimum absolute atomic E-state index is 0.171. The van der Waals surface area contributed by atoms with Crippen LogP contribution in [0.1, 0.15) is 26.2 Å². The molecule has 1 unspecified atom stereocenters. The molecule has 1 atom stereocenters. The Morgan fingerprint density at radius 1 is 1.50 bits per heavy atom. The first kappa shape index (κ1) is 7.53. The predicted molar refractivity (Wildman–Crippen MR) is 41.1 cm³/mol. The Kier molecular flexibility index (Phi) is 1.37. The Balaban J connectivity index is 2.33. The van der Waals surface area contributed by atoms with Crippen LogP contribution in [-0.4, -0.2) is 11.8 Å². The molecule has 3 heteroatoms. The van der Waals surface area contributed by atoms with Crippen LogP contribution in [0.15, 0.2) is 11.8 Å². The van der Waals surface area contributed by atoms with E-state index in [0.29, 0.717) is 25.0 Å². The lowest BCUT2D eigenvalue weighted by molar-refractivity contribution is -0.147. The third-order valence-corrected chi connectivity index (χ3v) is 2.69. The van der Waals surface area contributed by atoms with E-state index in [9.17, 15) is 9.59 Å². The minimum Gasteiger partial charge on any atom is -0.430 e. The summed E-state index contributed by atoms with van der Waals surface area (Å²) in [5.41, 5.74) is -0.492. The van der Waals surface area contributed by atoms with Crippen LogP contribution in [0.2, 0.25) is 0 Å². The van der Waals surface area contributed by atoms with Gasteiger partial charge in [-0.1, -0.05) is 0 Å². The van der Waals surface area contributed by atoms with E-state index in [1.807, 2.05) is 6.92 Å². The highest BCUT2D eigenvalue weighted by atomic mass is 16.5.